The minimum absolute atomic E-state index is 0. The number of carbonyl (C=O) groups excluding carboxylic acids is 1. The molecule has 26 heavy (non-hydrogen) atoms. The Morgan fingerprint density at radius 2 is 2.00 bits per heavy atom. The Labute approximate surface area is 175 Å². The molecule has 1 amide bonds. The van der Waals surface area contributed by atoms with Crippen LogP contribution in [0, 0.1) is 5.92 Å². The third kappa shape index (κ3) is 6.45. The minimum Gasteiger partial charge on any atom is -0.356 e. The number of nitrogens with zero attached hydrogens (tertiary/aromatic N) is 2. The van der Waals surface area contributed by atoms with Crippen LogP contribution >= 0.6 is 24.0 Å². The summed E-state index contributed by atoms with van der Waals surface area (Å²) in [4.78, 5) is 18.1. The molecule has 146 valence electrons. The minimum atomic E-state index is 0. The van der Waals surface area contributed by atoms with E-state index in [0.717, 1.165) is 32.0 Å². The molecule has 2 atom stereocenters. The summed E-state index contributed by atoms with van der Waals surface area (Å²) >= 11 is 0. The van der Waals surface area contributed by atoms with Gasteiger partial charge in [0.1, 0.15) is 0 Å². The summed E-state index contributed by atoms with van der Waals surface area (Å²) in [5, 5.41) is 6.94. The zero-order chi connectivity index (χ0) is 18.2. The van der Waals surface area contributed by atoms with E-state index in [0.29, 0.717) is 18.3 Å². The average Bonchev–Trinajstić information content (AvgIpc) is 3.09. The highest BCUT2D eigenvalue weighted by molar-refractivity contribution is 14.0. The lowest BCUT2D eigenvalue weighted by atomic mass is 9.88. The van der Waals surface area contributed by atoms with Gasteiger partial charge in [-0.3, -0.25) is 9.79 Å². The van der Waals surface area contributed by atoms with Gasteiger partial charge in [-0.05, 0) is 17.9 Å². The molecule has 1 aromatic carbocycles. The van der Waals surface area contributed by atoms with Crippen molar-refractivity contribution in [3.05, 3.63) is 35.9 Å². The van der Waals surface area contributed by atoms with Crippen LogP contribution in [0.4, 0.5) is 0 Å². The van der Waals surface area contributed by atoms with E-state index >= 15 is 0 Å². The van der Waals surface area contributed by atoms with E-state index in [2.05, 4.69) is 59.8 Å². The van der Waals surface area contributed by atoms with Crippen LogP contribution in [0.25, 0.3) is 0 Å². The summed E-state index contributed by atoms with van der Waals surface area (Å²) in [7, 11) is 1.80. The van der Waals surface area contributed by atoms with Crippen LogP contribution in [0.2, 0.25) is 0 Å². The second kappa shape index (κ2) is 11.4. The fraction of sp³-hybridized carbons (Fsp3) is 0.600. The van der Waals surface area contributed by atoms with Crippen molar-refractivity contribution in [2.75, 3.05) is 26.7 Å². The Hall–Kier alpha value is -1.31. The number of likely N-dealkylation sites (tertiary alicyclic amines) is 1. The van der Waals surface area contributed by atoms with Gasteiger partial charge in [-0.15, -0.1) is 24.0 Å². The quantitative estimate of drug-likeness (QED) is 0.380. The maximum Gasteiger partial charge on any atom is 0.222 e. The molecule has 2 rings (SSSR count). The van der Waals surface area contributed by atoms with Crippen molar-refractivity contribution < 1.29 is 4.79 Å². The molecule has 0 aliphatic carbocycles. The van der Waals surface area contributed by atoms with Gasteiger partial charge in [0.2, 0.25) is 5.91 Å². The van der Waals surface area contributed by atoms with Gasteiger partial charge in [-0.2, -0.15) is 0 Å². The predicted molar refractivity (Wildman–Crippen MR) is 119 cm³/mol. The maximum absolute atomic E-state index is 11.8. The van der Waals surface area contributed by atoms with E-state index < -0.39 is 0 Å². The smallest absolute Gasteiger partial charge is 0.222 e. The largest absolute Gasteiger partial charge is 0.356 e. The molecule has 6 heteroatoms. The summed E-state index contributed by atoms with van der Waals surface area (Å²) in [5.41, 5.74) is 1.35. The number of hydrogen-bond acceptors (Lipinski definition) is 2. The van der Waals surface area contributed by atoms with Crippen molar-refractivity contribution in [3.8, 4) is 0 Å². The molecule has 1 fully saturated rings. The van der Waals surface area contributed by atoms with Crippen molar-refractivity contribution in [3.63, 3.8) is 0 Å². The molecule has 1 aromatic rings. The summed E-state index contributed by atoms with van der Waals surface area (Å²) in [6.45, 7) is 8.85. The first kappa shape index (κ1) is 22.7. The van der Waals surface area contributed by atoms with Gasteiger partial charge in [-0.1, -0.05) is 51.1 Å². The topological polar surface area (TPSA) is 56.7 Å². The van der Waals surface area contributed by atoms with Crippen LogP contribution in [0.5, 0.6) is 0 Å². The van der Waals surface area contributed by atoms with E-state index in [1.165, 1.54) is 5.56 Å². The van der Waals surface area contributed by atoms with E-state index in [-0.39, 0.29) is 35.9 Å². The number of carbonyl (C=O) groups is 1. The van der Waals surface area contributed by atoms with Gasteiger partial charge in [0, 0.05) is 45.1 Å². The second-order valence-corrected chi connectivity index (χ2v) is 7.04. The third-order valence-corrected chi connectivity index (χ3v) is 4.93. The molecule has 1 aliphatic rings. The SMILES string of the molecule is CCC(=O)N1CCC(NC(=NC)NCC(c2ccccc2)C(C)C)C1.I. The standard InChI is InChI=1S/C20H32N4O.HI/c1-5-19(25)24-12-11-17(14-24)23-20(21-4)22-13-18(15(2)3)16-9-7-6-8-10-16;/h6-10,15,17-18H,5,11-14H2,1-4H3,(H2,21,22,23);1H. The number of halogens is 1. The van der Waals surface area contributed by atoms with Crippen LogP contribution in [0.1, 0.15) is 45.1 Å². The van der Waals surface area contributed by atoms with E-state index in [4.69, 9.17) is 0 Å². The molecule has 1 aliphatic heterocycles. The number of amides is 1. The summed E-state index contributed by atoms with van der Waals surface area (Å²) in [6, 6.07) is 10.9. The first-order chi connectivity index (χ1) is 12.0. The second-order valence-electron chi connectivity index (χ2n) is 7.04. The molecule has 2 N–H and O–H groups in total. The van der Waals surface area contributed by atoms with Crippen LogP contribution in [-0.4, -0.2) is 49.5 Å². The van der Waals surface area contributed by atoms with Gasteiger partial charge in [0.05, 0.1) is 0 Å². The van der Waals surface area contributed by atoms with Gasteiger partial charge in [0.15, 0.2) is 5.96 Å². The molecule has 1 saturated heterocycles. The predicted octanol–water partition coefficient (Wildman–Crippen LogP) is 3.22. The van der Waals surface area contributed by atoms with Crippen LogP contribution < -0.4 is 10.6 Å². The van der Waals surface area contributed by atoms with Crippen molar-refractivity contribution in [2.24, 2.45) is 10.9 Å². The summed E-state index contributed by atoms with van der Waals surface area (Å²) in [6.07, 6.45) is 1.55. The monoisotopic (exact) mass is 472 g/mol. The highest BCUT2D eigenvalue weighted by Crippen LogP contribution is 2.23. The lowest BCUT2D eigenvalue weighted by Gasteiger charge is -2.24. The third-order valence-electron chi connectivity index (χ3n) is 4.93. The summed E-state index contributed by atoms with van der Waals surface area (Å²) < 4.78 is 0. The molecule has 2 unspecified atom stereocenters. The number of guanidine groups is 1. The van der Waals surface area contributed by atoms with Crippen LogP contribution in [0.3, 0.4) is 0 Å². The van der Waals surface area contributed by atoms with E-state index in [9.17, 15) is 4.79 Å². The molecule has 0 aromatic heterocycles. The first-order valence-corrected chi connectivity index (χ1v) is 9.35. The van der Waals surface area contributed by atoms with Crippen molar-refractivity contribution in [2.45, 2.75) is 45.6 Å². The molecule has 5 nitrogen and oxygen atoms in total. The normalized spacial score (nSPS) is 18.4. The number of nitrogens with one attached hydrogen (secondary N) is 2. The van der Waals surface area contributed by atoms with Crippen LogP contribution in [-0.2, 0) is 4.79 Å². The lowest BCUT2D eigenvalue weighted by molar-refractivity contribution is -0.129. The number of rotatable bonds is 6. The maximum atomic E-state index is 11.8. The fourth-order valence-corrected chi connectivity index (χ4v) is 3.36. The number of hydrogen-bond donors (Lipinski definition) is 2. The lowest BCUT2D eigenvalue weighted by Crippen LogP contribution is -2.46. The van der Waals surface area contributed by atoms with E-state index in [1.54, 1.807) is 7.05 Å². The Morgan fingerprint density at radius 1 is 1.31 bits per heavy atom. The zero-order valence-corrected chi connectivity index (χ0v) is 18.7. The zero-order valence-electron chi connectivity index (χ0n) is 16.4. The van der Waals surface area contributed by atoms with E-state index in [1.807, 2.05) is 11.8 Å². The first-order valence-electron chi connectivity index (χ1n) is 9.35. The molecular weight excluding hydrogens is 439 g/mol. The molecule has 0 radical (unpaired) electrons. The Morgan fingerprint density at radius 3 is 2.58 bits per heavy atom. The Bertz CT molecular complexity index is 576. The van der Waals surface area contributed by atoms with Crippen LogP contribution in [0.15, 0.2) is 35.3 Å². The highest BCUT2D eigenvalue weighted by Gasteiger charge is 2.26. The van der Waals surface area contributed by atoms with Crippen molar-refractivity contribution >= 4 is 35.8 Å². The van der Waals surface area contributed by atoms with Gasteiger partial charge < -0.3 is 15.5 Å². The van der Waals surface area contributed by atoms with Gasteiger partial charge >= 0.3 is 0 Å². The Kier molecular flexibility index (Phi) is 9.98. The number of aliphatic imine (C=N–C) groups is 1. The molecule has 1 heterocycles. The number of benzene rings is 1. The average molecular weight is 472 g/mol. The summed E-state index contributed by atoms with van der Waals surface area (Å²) in [5.74, 6) is 2.02. The molecular formula is C20H33IN4O. The van der Waals surface area contributed by atoms with Gasteiger partial charge in [0.25, 0.3) is 0 Å². The fourth-order valence-electron chi connectivity index (χ4n) is 3.36. The highest BCUT2D eigenvalue weighted by atomic mass is 127. The molecule has 0 saturated carbocycles. The van der Waals surface area contributed by atoms with Gasteiger partial charge in [-0.25, -0.2) is 0 Å². The Balaban J connectivity index is 0.00000338. The van der Waals surface area contributed by atoms with Crippen molar-refractivity contribution in [1.29, 1.82) is 0 Å². The van der Waals surface area contributed by atoms with Crippen molar-refractivity contribution in [1.82, 2.24) is 15.5 Å². The molecule has 0 spiro atoms. The molecule has 0 bridgehead atoms.